The molecule has 0 radical (unpaired) electrons. The van der Waals surface area contributed by atoms with Crippen molar-refractivity contribution in [2.24, 2.45) is 0 Å². The number of anilines is 1. The van der Waals surface area contributed by atoms with E-state index in [9.17, 15) is 22.4 Å². The predicted molar refractivity (Wildman–Crippen MR) is 106 cm³/mol. The third-order valence-corrected chi connectivity index (χ3v) is 4.29. The molecule has 0 atom stereocenters. The van der Waals surface area contributed by atoms with Crippen LogP contribution in [0.5, 0.6) is 5.88 Å². The third kappa shape index (κ3) is 6.29. The molecule has 0 aliphatic carbocycles. The maximum atomic E-state index is 13.0. The van der Waals surface area contributed by atoms with Gasteiger partial charge in [-0.25, -0.2) is 9.18 Å². The van der Waals surface area contributed by atoms with Crippen molar-refractivity contribution >= 4 is 23.3 Å². The van der Waals surface area contributed by atoms with Crippen LogP contribution in [0, 0.1) is 5.82 Å². The summed E-state index contributed by atoms with van der Waals surface area (Å²) in [6.45, 7) is 0.0815. The summed E-state index contributed by atoms with van der Waals surface area (Å²) in [5.74, 6) is -0.155. The number of hydrogen-bond acceptors (Lipinski definition) is 4. The summed E-state index contributed by atoms with van der Waals surface area (Å²) in [5.41, 5.74) is 0.116. The summed E-state index contributed by atoms with van der Waals surface area (Å²) in [7, 11) is 0. The highest BCUT2D eigenvalue weighted by molar-refractivity contribution is 6.33. The topological polar surface area (TPSA) is 76.1 Å². The first kappa shape index (κ1) is 22.3. The van der Waals surface area contributed by atoms with E-state index in [1.54, 1.807) is 24.3 Å². The zero-order valence-corrected chi connectivity index (χ0v) is 16.5. The van der Waals surface area contributed by atoms with Gasteiger partial charge in [-0.15, -0.1) is 10.2 Å². The Balaban J connectivity index is 1.46. The Bertz CT molecular complexity index is 1040. The smallest absolute Gasteiger partial charge is 0.416 e. The van der Waals surface area contributed by atoms with Gasteiger partial charge in [-0.3, -0.25) is 0 Å². The van der Waals surface area contributed by atoms with Crippen LogP contribution in [0.25, 0.3) is 11.3 Å². The van der Waals surface area contributed by atoms with Crippen molar-refractivity contribution in [3.8, 4) is 17.1 Å². The molecule has 3 aromatic rings. The van der Waals surface area contributed by atoms with Gasteiger partial charge in [0.05, 0.1) is 28.5 Å². The van der Waals surface area contributed by atoms with E-state index < -0.39 is 17.8 Å². The van der Waals surface area contributed by atoms with Crippen molar-refractivity contribution in [1.82, 2.24) is 15.5 Å². The molecule has 6 nitrogen and oxygen atoms in total. The fraction of sp³-hybridized carbons (Fsp3) is 0.150. The highest BCUT2D eigenvalue weighted by atomic mass is 35.5. The van der Waals surface area contributed by atoms with Crippen molar-refractivity contribution in [2.75, 3.05) is 18.5 Å². The first-order chi connectivity index (χ1) is 14.7. The van der Waals surface area contributed by atoms with Gasteiger partial charge in [0.1, 0.15) is 12.4 Å². The Morgan fingerprint density at radius 3 is 2.42 bits per heavy atom. The lowest BCUT2D eigenvalue weighted by atomic mass is 10.1. The third-order valence-electron chi connectivity index (χ3n) is 3.96. The zero-order chi connectivity index (χ0) is 22.4. The number of halogens is 5. The number of ether oxygens (including phenoxy) is 1. The van der Waals surface area contributed by atoms with Gasteiger partial charge in [-0.05, 0) is 48.5 Å². The Labute approximate surface area is 179 Å². The monoisotopic (exact) mass is 454 g/mol. The van der Waals surface area contributed by atoms with Crippen LogP contribution in [0.1, 0.15) is 5.56 Å². The molecule has 1 aromatic heterocycles. The summed E-state index contributed by atoms with van der Waals surface area (Å²) in [6, 6.07) is 10.8. The molecule has 0 aliphatic rings. The molecule has 11 heteroatoms. The number of rotatable bonds is 6. The minimum Gasteiger partial charge on any atom is -0.475 e. The standard InChI is InChI=1S/C20H15ClF4N4O2/c21-15-6-3-13(20(23,24)25)11-17(15)27-19(30)26-9-10-31-18-8-7-16(28-29-18)12-1-4-14(22)5-2-12/h1-8,11H,9-10H2,(H2,26,27,30). The lowest BCUT2D eigenvalue weighted by molar-refractivity contribution is -0.137. The SMILES string of the molecule is O=C(NCCOc1ccc(-c2ccc(F)cc2)nn1)Nc1cc(C(F)(F)F)ccc1Cl. The largest absolute Gasteiger partial charge is 0.475 e. The number of carbonyl (C=O) groups excluding carboxylic acids is 1. The number of amides is 2. The Hall–Kier alpha value is -3.40. The number of nitrogens with zero attached hydrogens (tertiary/aromatic N) is 2. The van der Waals surface area contributed by atoms with Crippen LogP contribution < -0.4 is 15.4 Å². The van der Waals surface area contributed by atoms with E-state index in [4.69, 9.17) is 16.3 Å². The van der Waals surface area contributed by atoms with Crippen LogP contribution in [0.2, 0.25) is 5.02 Å². The molecule has 0 fully saturated rings. The average Bonchev–Trinajstić information content (AvgIpc) is 2.73. The van der Waals surface area contributed by atoms with Crippen LogP contribution >= 0.6 is 11.6 Å². The number of hydrogen-bond donors (Lipinski definition) is 2. The van der Waals surface area contributed by atoms with E-state index >= 15 is 0 Å². The Morgan fingerprint density at radius 2 is 1.77 bits per heavy atom. The molecule has 0 aliphatic heterocycles. The lowest BCUT2D eigenvalue weighted by Crippen LogP contribution is -2.32. The van der Waals surface area contributed by atoms with E-state index in [2.05, 4.69) is 20.8 Å². The maximum Gasteiger partial charge on any atom is 0.416 e. The summed E-state index contributed by atoms with van der Waals surface area (Å²) in [5, 5.41) is 12.5. The normalized spacial score (nSPS) is 11.1. The second-order valence-corrected chi connectivity index (χ2v) is 6.59. The van der Waals surface area contributed by atoms with E-state index in [0.29, 0.717) is 11.3 Å². The second kappa shape index (κ2) is 9.61. The molecule has 0 bridgehead atoms. The molecule has 3 rings (SSSR count). The predicted octanol–water partition coefficient (Wildman–Crippen LogP) is 5.16. The molecule has 0 unspecified atom stereocenters. The Morgan fingerprint density at radius 1 is 1.03 bits per heavy atom. The summed E-state index contributed by atoms with van der Waals surface area (Å²) in [6.07, 6.45) is -4.56. The van der Waals surface area contributed by atoms with Gasteiger partial charge in [0.2, 0.25) is 5.88 Å². The molecule has 31 heavy (non-hydrogen) atoms. The maximum absolute atomic E-state index is 13.0. The number of urea groups is 1. The van der Waals surface area contributed by atoms with Crippen molar-refractivity contribution in [3.63, 3.8) is 0 Å². The van der Waals surface area contributed by atoms with Crippen molar-refractivity contribution in [1.29, 1.82) is 0 Å². The van der Waals surface area contributed by atoms with Crippen LogP contribution in [0.15, 0.2) is 54.6 Å². The average molecular weight is 455 g/mol. The second-order valence-electron chi connectivity index (χ2n) is 6.19. The van der Waals surface area contributed by atoms with Crippen LogP contribution in [-0.4, -0.2) is 29.4 Å². The van der Waals surface area contributed by atoms with Gasteiger partial charge in [0, 0.05) is 11.6 Å². The molecular formula is C20H15ClF4N4O2. The first-order valence-electron chi connectivity index (χ1n) is 8.86. The Kier molecular flexibility index (Phi) is 6.91. The van der Waals surface area contributed by atoms with Crippen molar-refractivity contribution in [2.45, 2.75) is 6.18 Å². The summed E-state index contributed by atoms with van der Waals surface area (Å²) in [4.78, 5) is 11.9. The molecule has 1 heterocycles. The number of alkyl halides is 3. The number of benzene rings is 2. The molecule has 0 saturated heterocycles. The molecule has 2 amide bonds. The molecule has 0 saturated carbocycles. The van der Waals surface area contributed by atoms with Gasteiger partial charge in [-0.2, -0.15) is 13.2 Å². The molecule has 2 aromatic carbocycles. The zero-order valence-electron chi connectivity index (χ0n) is 15.7. The van der Waals surface area contributed by atoms with Gasteiger partial charge < -0.3 is 15.4 Å². The van der Waals surface area contributed by atoms with Gasteiger partial charge >= 0.3 is 12.2 Å². The fourth-order valence-electron chi connectivity index (χ4n) is 2.46. The quantitative estimate of drug-likeness (QED) is 0.398. The highest BCUT2D eigenvalue weighted by Gasteiger charge is 2.31. The van der Waals surface area contributed by atoms with Gasteiger partial charge in [-0.1, -0.05) is 11.6 Å². The highest BCUT2D eigenvalue weighted by Crippen LogP contribution is 2.33. The van der Waals surface area contributed by atoms with Gasteiger partial charge in [0.25, 0.3) is 0 Å². The minimum absolute atomic E-state index is 0.0316. The molecular weight excluding hydrogens is 440 g/mol. The van der Waals surface area contributed by atoms with Crippen LogP contribution in [-0.2, 0) is 6.18 Å². The molecule has 162 valence electrons. The van der Waals surface area contributed by atoms with Crippen molar-refractivity contribution < 1.29 is 27.1 Å². The summed E-state index contributed by atoms with van der Waals surface area (Å²) < 4.78 is 56.6. The van der Waals surface area contributed by atoms with E-state index in [1.807, 2.05) is 0 Å². The molecule has 0 spiro atoms. The van der Waals surface area contributed by atoms with Gasteiger partial charge in [0.15, 0.2) is 0 Å². The van der Waals surface area contributed by atoms with E-state index in [0.717, 1.165) is 18.2 Å². The lowest BCUT2D eigenvalue weighted by Gasteiger charge is -2.12. The minimum atomic E-state index is -4.56. The molecule has 2 N–H and O–H groups in total. The van der Waals surface area contributed by atoms with E-state index in [-0.39, 0.29) is 35.6 Å². The van der Waals surface area contributed by atoms with Crippen LogP contribution in [0.3, 0.4) is 0 Å². The summed E-state index contributed by atoms with van der Waals surface area (Å²) >= 11 is 5.83. The van der Waals surface area contributed by atoms with Crippen molar-refractivity contribution in [3.05, 3.63) is 71.0 Å². The number of aromatic nitrogens is 2. The number of carbonyl (C=O) groups is 1. The fourth-order valence-corrected chi connectivity index (χ4v) is 2.62. The number of nitrogens with one attached hydrogen (secondary N) is 2. The van der Waals surface area contributed by atoms with Crippen LogP contribution in [0.4, 0.5) is 28.0 Å². The van der Waals surface area contributed by atoms with E-state index in [1.165, 1.54) is 12.1 Å². The first-order valence-corrected chi connectivity index (χ1v) is 9.24.